The van der Waals surface area contributed by atoms with Gasteiger partial charge in [-0.25, -0.2) is 0 Å². The predicted octanol–water partition coefficient (Wildman–Crippen LogP) is 2.17. The van der Waals surface area contributed by atoms with Gasteiger partial charge in [-0.2, -0.15) is 0 Å². The number of amides is 1. The van der Waals surface area contributed by atoms with E-state index < -0.39 is 0 Å². The molecule has 2 atom stereocenters. The Labute approximate surface area is 123 Å². The quantitative estimate of drug-likeness (QED) is 0.786. The third kappa shape index (κ3) is 3.95. The van der Waals surface area contributed by atoms with Crippen molar-refractivity contribution in [2.45, 2.75) is 70.6 Å². The van der Waals surface area contributed by atoms with Crippen molar-refractivity contribution in [3.63, 3.8) is 0 Å². The third-order valence-electron chi connectivity index (χ3n) is 5.17. The lowest BCUT2D eigenvalue weighted by molar-refractivity contribution is -0.124. The zero-order chi connectivity index (χ0) is 14.5. The van der Waals surface area contributed by atoms with Crippen LogP contribution in [0.15, 0.2) is 0 Å². The molecule has 20 heavy (non-hydrogen) atoms. The number of rotatable bonds is 5. The molecule has 2 N–H and O–H groups in total. The normalized spacial score (nSPS) is 35.3. The summed E-state index contributed by atoms with van der Waals surface area (Å²) in [5.41, 5.74) is 6.14. The van der Waals surface area contributed by atoms with E-state index in [4.69, 9.17) is 10.5 Å². The molecule has 4 heteroatoms. The molecule has 1 aliphatic heterocycles. The van der Waals surface area contributed by atoms with Gasteiger partial charge in [0.15, 0.2) is 0 Å². The molecule has 0 aromatic rings. The summed E-state index contributed by atoms with van der Waals surface area (Å²) in [5, 5.41) is 0. The summed E-state index contributed by atoms with van der Waals surface area (Å²) in [6.45, 7) is 6.06. The molecule has 4 nitrogen and oxygen atoms in total. The molecule has 1 aliphatic carbocycles. The van der Waals surface area contributed by atoms with Gasteiger partial charge in [0.1, 0.15) is 0 Å². The topological polar surface area (TPSA) is 55.6 Å². The van der Waals surface area contributed by atoms with Crippen molar-refractivity contribution < 1.29 is 9.53 Å². The maximum atomic E-state index is 11.1. The summed E-state index contributed by atoms with van der Waals surface area (Å²) in [6.07, 6.45) is 8.18. The van der Waals surface area contributed by atoms with Gasteiger partial charge in [-0.1, -0.05) is 13.8 Å². The fraction of sp³-hybridized carbons (Fsp3) is 0.938. The SMILES string of the molecule is CC(C)[C@H]1CC[C@@H](OC[C@H]2[C@@H](N)CCCN2C=O)CC1. The highest BCUT2D eigenvalue weighted by molar-refractivity contribution is 5.48. The molecule has 0 aromatic heterocycles. The van der Waals surface area contributed by atoms with E-state index >= 15 is 0 Å². The lowest BCUT2D eigenvalue weighted by Crippen LogP contribution is -2.54. The van der Waals surface area contributed by atoms with Gasteiger partial charge in [0.2, 0.25) is 6.41 Å². The summed E-state index contributed by atoms with van der Waals surface area (Å²) < 4.78 is 6.07. The molecule has 116 valence electrons. The maximum Gasteiger partial charge on any atom is 0.210 e. The molecule has 1 amide bonds. The van der Waals surface area contributed by atoms with Crippen molar-refractivity contribution in [1.82, 2.24) is 4.90 Å². The second-order valence-corrected chi connectivity index (χ2v) is 6.83. The van der Waals surface area contributed by atoms with Crippen LogP contribution in [0.25, 0.3) is 0 Å². The Bertz CT molecular complexity index is 301. The Balaban J connectivity index is 1.76. The second-order valence-electron chi connectivity index (χ2n) is 6.83. The van der Waals surface area contributed by atoms with E-state index in [1.54, 1.807) is 0 Å². The molecule has 0 radical (unpaired) electrons. The fourth-order valence-electron chi connectivity index (χ4n) is 3.62. The van der Waals surface area contributed by atoms with Crippen LogP contribution in [0.1, 0.15) is 52.4 Å². The van der Waals surface area contributed by atoms with Gasteiger partial charge < -0.3 is 15.4 Å². The van der Waals surface area contributed by atoms with E-state index in [0.29, 0.717) is 12.7 Å². The highest BCUT2D eigenvalue weighted by Gasteiger charge is 2.30. The van der Waals surface area contributed by atoms with Crippen LogP contribution in [-0.4, -0.2) is 42.6 Å². The minimum atomic E-state index is 0.0703. The van der Waals surface area contributed by atoms with E-state index in [2.05, 4.69) is 13.8 Å². The first-order chi connectivity index (χ1) is 9.61. The van der Waals surface area contributed by atoms with E-state index in [-0.39, 0.29) is 12.1 Å². The second kappa shape index (κ2) is 7.41. The molecule has 0 unspecified atom stereocenters. The van der Waals surface area contributed by atoms with E-state index in [1.807, 2.05) is 4.90 Å². The Morgan fingerprint density at radius 3 is 2.55 bits per heavy atom. The average molecular weight is 282 g/mol. The molecular formula is C16H30N2O2. The molecule has 1 saturated heterocycles. The predicted molar refractivity (Wildman–Crippen MR) is 80.3 cm³/mol. The van der Waals surface area contributed by atoms with Gasteiger partial charge in [-0.05, 0) is 50.4 Å². The van der Waals surface area contributed by atoms with Crippen molar-refractivity contribution in [2.75, 3.05) is 13.2 Å². The summed E-state index contributed by atoms with van der Waals surface area (Å²) in [5.74, 6) is 1.64. The van der Waals surface area contributed by atoms with Crippen LogP contribution in [-0.2, 0) is 9.53 Å². The number of likely N-dealkylation sites (tertiary alicyclic amines) is 1. The average Bonchev–Trinajstić information content (AvgIpc) is 2.46. The van der Waals surface area contributed by atoms with Gasteiger partial charge in [0.25, 0.3) is 0 Å². The smallest absolute Gasteiger partial charge is 0.210 e. The Kier molecular flexibility index (Phi) is 5.85. The lowest BCUT2D eigenvalue weighted by atomic mass is 9.80. The van der Waals surface area contributed by atoms with Crippen molar-refractivity contribution >= 4 is 6.41 Å². The maximum absolute atomic E-state index is 11.1. The number of hydrogen-bond acceptors (Lipinski definition) is 3. The number of ether oxygens (including phenoxy) is 1. The summed E-state index contributed by atoms with van der Waals surface area (Å²) in [4.78, 5) is 12.9. The molecule has 1 heterocycles. The van der Waals surface area contributed by atoms with Gasteiger partial charge in [-0.3, -0.25) is 4.79 Å². The largest absolute Gasteiger partial charge is 0.376 e. The molecule has 2 fully saturated rings. The van der Waals surface area contributed by atoms with Crippen molar-refractivity contribution in [3.05, 3.63) is 0 Å². The summed E-state index contributed by atoms with van der Waals surface area (Å²) in [7, 11) is 0. The minimum Gasteiger partial charge on any atom is -0.376 e. The highest BCUT2D eigenvalue weighted by Crippen LogP contribution is 2.31. The molecule has 2 rings (SSSR count). The summed E-state index contributed by atoms with van der Waals surface area (Å²) in [6, 6.07) is 0.144. The number of piperidine rings is 1. The van der Waals surface area contributed by atoms with Gasteiger partial charge in [-0.15, -0.1) is 0 Å². The molecule has 0 bridgehead atoms. The van der Waals surface area contributed by atoms with E-state index in [1.165, 1.54) is 12.8 Å². The van der Waals surface area contributed by atoms with Crippen LogP contribution >= 0.6 is 0 Å². The lowest BCUT2D eigenvalue weighted by Gasteiger charge is -2.38. The van der Waals surface area contributed by atoms with Crippen molar-refractivity contribution in [3.8, 4) is 0 Å². The number of hydrogen-bond donors (Lipinski definition) is 1. The zero-order valence-electron chi connectivity index (χ0n) is 13.0. The van der Waals surface area contributed by atoms with Crippen LogP contribution in [0.2, 0.25) is 0 Å². The van der Waals surface area contributed by atoms with Gasteiger partial charge >= 0.3 is 0 Å². The van der Waals surface area contributed by atoms with Crippen molar-refractivity contribution in [1.29, 1.82) is 0 Å². The molecular weight excluding hydrogens is 252 g/mol. The number of nitrogens with zero attached hydrogens (tertiary/aromatic N) is 1. The van der Waals surface area contributed by atoms with Crippen LogP contribution in [0.5, 0.6) is 0 Å². The standard InChI is InChI=1S/C16H30N2O2/c1-12(2)13-5-7-14(8-6-13)20-10-16-15(17)4-3-9-18(16)11-19/h11-16H,3-10,17H2,1-2H3/t13-,14+,15-,16-/m0/s1. The third-order valence-corrected chi connectivity index (χ3v) is 5.17. The molecule has 2 aliphatic rings. The Morgan fingerprint density at radius 2 is 1.95 bits per heavy atom. The van der Waals surface area contributed by atoms with Crippen LogP contribution in [0.3, 0.4) is 0 Å². The minimum absolute atomic E-state index is 0.0703. The van der Waals surface area contributed by atoms with Crippen LogP contribution in [0.4, 0.5) is 0 Å². The van der Waals surface area contributed by atoms with Gasteiger partial charge in [0.05, 0.1) is 18.8 Å². The first kappa shape index (κ1) is 15.8. The number of carbonyl (C=O) groups is 1. The Morgan fingerprint density at radius 1 is 1.25 bits per heavy atom. The summed E-state index contributed by atoms with van der Waals surface area (Å²) >= 11 is 0. The fourth-order valence-corrected chi connectivity index (χ4v) is 3.62. The monoisotopic (exact) mass is 282 g/mol. The zero-order valence-corrected chi connectivity index (χ0v) is 13.0. The molecule has 0 aromatic carbocycles. The first-order valence-corrected chi connectivity index (χ1v) is 8.20. The van der Waals surface area contributed by atoms with Crippen LogP contribution in [0, 0.1) is 11.8 Å². The highest BCUT2D eigenvalue weighted by atomic mass is 16.5. The van der Waals surface area contributed by atoms with Crippen molar-refractivity contribution in [2.24, 2.45) is 17.6 Å². The van der Waals surface area contributed by atoms with E-state index in [9.17, 15) is 4.79 Å². The van der Waals surface area contributed by atoms with Crippen LogP contribution < -0.4 is 5.73 Å². The molecule has 0 spiro atoms. The van der Waals surface area contributed by atoms with Gasteiger partial charge in [0, 0.05) is 12.6 Å². The Hall–Kier alpha value is -0.610. The number of nitrogens with two attached hydrogens (primary N) is 1. The first-order valence-electron chi connectivity index (χ1n) is 8.20. The molecule has 1 saturated carbocycles. The number of carbonyl (C=O) groups excluding carboxylic acids is 1. The van der Waals surface area contributed by atoms with E-state index in [0.717, 1.165) is 50.5 Å².